The van der Waals surface area contributed by atoms with Crippen molar-refractivity contribution in [3.05, 3.63) is 0 Å². The number of carbonyl (C=O) groups excluding carboxylic acids is 1. The summed E-state index contributed by atoms with van der Waals surface area (Å²) in [7, 11) is 0. The van der Waals surface area contributed by atoms with Crippen LogP contribution in [0, 0.1) is 0 Å². The number of carboxylic acids is 2. The molecule has 7 heteroatoms. The first kappa shape index (κ1) is 19.4. The minimum atomic E-state index is -2.62. The summed E-state index contributed by atoms with van der Waals surface area (Å²) in [5.41, 5.74) is -2.62. The van der Waals surface area contributed by atoms with E-state index in [0.29, 0.717) is 6.42 Å². The van der Waals surface area contributed by atoms with Crippen molar-refractivity contribution >= 4 is 17.9 Å². The molecular formula is C14H24O7. The van der Waals surface area contributed by atoms with Crippen LogP contribution in [0.2, 0.25) is 0 Å². The van der Waals surface area contributed by atoms with Gasteiger partial charge in [-0.15, -0.1) is 0 Å². The van der Waals surface area contributed by atoms with Gasteiger partial charge in [-0.1, -0.05) is 39.0 Å². The summed E-state index contributed by atoms with van der Waals surface area (Å²) in [6.45, 7) is 2.26. The van der Waals surface area contributed by atoms with Crippen molar-refractivity contribution in [2.24, 2.45) is 0 Å². The lowest BCUT2D eigenvalue weighted by Crippen LogP contribution is -2.43. The maximum atomic E-state index is 11.4. The summed E-state index contributed by atoms with van der Waals surface area (Å²) in [6.07, 6.45) is 4.14. The van der Waals surface area contributed by atoms with Gasteiger partial charge in [0, 0.05) is 0 Å². The Morgan fingerprint density at radius 3 is 2.05 bits per heavy atom. The molecule has 1 unspecified atom stereocenters. The topological polar surface area (TPSA) is 121 Å². The highest BCUT2D eigenvalue weighted by molar-refractivity contribution is 5.88. The van der Waals surface area contributed by atoms with Gasteiger partial charge in [-0.2, -0.15) is 0 Å². The molecule has 0 saturated heterocycles. The highest BCUT2D eigenvalue weighted by Crippen LogP contribution is 2.17. The number of carbonyl (C=O) groups is 3. The van der Waals surface area contributed by atoms with Crippen LogP contribution in [0.25, 0.3) is 0 Å². The molecular weight excluding hydrogens is 280 g/mol. The highest BCUT2D eigenvalue weighted by Gasteiger charge is 2.41. The van der Waals surface area contributed by atoms with Crippen molar-refractivity contribution in [2.45, 2.75) is 63.9 Å². The van der Waals surface area contributed by atoms with E-state index >= 15 is 0 Å². The second kappa shape index (κ2) is 10.1. The van der Waals surface area contributed by atoms with E-state index in [0.717, 1.165) is 25.7 Å². The third-order valence-electron chi connectivity index (χ3n) is 3.04. The first-order chi connectivity index (χ1) is 9.81. The molecule has 0 saturated carbocycles. The van der Waals surface area contributed by atoms with Crippen LogP contribution in [-0.4, -0.2) is 45.4 Å². The Kier molecular flexibility index (Phi) is 9.36. The van der Waals surface area contributed by atoms with Crippen LogP contribution >= 0.6 is 0 Å². The van der Waals surface area contributed by atoms with Crippen LogP contribution in [0.1, 0.15) is 58.3 Å². The van der Waals surface area contributed by atoms with Gasteiger partial charge >= 0.3 is 17.9 Å². The number of aliphatic hydroxyl groups is 1. The maximum absolute atomic E-state index is 11.4. The lowest BCUT2D eigenvalue weighted by Gasteiger charge is -2.20. The molecule has 122 valence electrons. The first-order valence-corrected chi connectivity index (χ1v) is 7.15. The fraction of sp³-hybridized carbons (Fsp3) is 0.786. The Balaban J connectivity index is 4.00. The van der Waals surface area contributed by atoms with Gasteiger partial charge in [-0.05, 0) is 6.42 Å². The fourth-order valence-electron chi connectivity index (χ4n) is 1.82. The average Bonchev–Trinajstić information content (AvgIpc) is 2.36. The first-order valence-electron chi connectivity index (χ1n) is 7.15. The maximum Gasteiger partial charge on any atom is 0.336 e. The molecule has 1 atom stereocenters. The molecule has 3 N–H and O–H groups in total. The van der Waals surface area contributed by atoms with Crippen molar-refractivity contribution in [2.75, 3.05) is 6.61 Å². The van der Waals surface area contributed by atoms with Gasteiger partial charge in [0.25, 0.3) is 0 Å². The molecule has 0 rings (SSSR count). The fourth-order valence-corrected chi connectivity index (χ4v) is 1.82. The number of aliphatic carboxylic acids is 2. The van der Waals surface area contributed by atoms with Crippen molar-refractivity contribution < 1.29 is 34.4 Å². The predicted molar refractivity (Wildman–Crippen MR) is 73.8 cm³/mol. The van der Waals surface area contributed by atoms with Gasteiger partial charge in [0.2, 0.25) is 0 Å². The normalized spacial score (nSPS) is 13.4. The van der Waals surface area contributed by atoms with Crippen LogP contribution in [0.5, 0.6) is 0 Å². The van der Waals surface area contributed by atoms with Gasteiger partial charge in [0.15, 0.2) is 5.60 Å². The van der Waals surface area contributed by atoms with E-state index in [2.05, 4.69) is 6.92 Å². The summed E-state index contributed by atoms with van der Waals surface area (Å²) in [5.74, 6) is -4.15. The van der Waals surface area contributed by atoms with Crippen LogP contribution in [0.3, 0.4) is 0 Å². The Labute approximate surface area is 123 Å². The summed E-state index contributed by atoms with van der Waals surface area (Å²) in [5, 5.41) is 27.0. The van der Waals surface area contributed by atoms with E-state index in [1.807, 2.05) is 0 Å². The lowest BCUT2D eigenvalue weighted by molar-refractivity contribution is -0.172. The predicted octanol–water partition coefficient (Wildman–Crippen LogP) is 1.57. The van der Waals surface area contributed by atoms with E-state index in [-0.39, 0.29) is 6.61 Å². The number of ether oxygens (including phenoxy) is 1. The summed E-state index contributed by atoms with van der Waals surface area (Å²) < 4.78 is 4.82. The molecule has 0 spiro atoms. The Bertz CT molecular complexity index is 353. The molecule has 0 aromatic heterocycles. The van der Waals surface area contributed by atoms with Crippen molar-refractivity contribution in [1.82, 2.24) is 0 Å². The summed E-state index contributed by atoms with van der Waals surface area (Å²) >= 11 is 0. The Hall–Kier alpha value is -1.63. The van der Waals surface area contributed by atoms with E-state index in [1.165, 1.54) is 6.42 Å². The third-order valence-corrected chi connectivity index (χ3v) is 3.04. The van der Waals surface area contributed by atoms with Gasteiger partial charge in [0.1, 0.15) is 0 Å². The number of rotatable bonds is 12. The second-order valence-electron chi connectivity index (χ2n) is 5.07. The van der Waals surface area contributed by atoms with Crippen LogP contribution in [0.4, 0.5) is 0 Å². The standard InChI is InChI=1S/C14H24O7/c1-2-3-4-5-6-7-8-21-12(17)10-14(20,13(18)19)9-11(15)16/h20H,2-10H2,1H3,(H,15,16)(H,18,19). The second-order valence-corrected chi connectivity index (χ2v) is 5.07. The summed E-state index contributed by atoms with van der Waals surface area (Å²) in [6, 6.07) is 0. The number of unbranched alkanes of at least 4 members (excludes halogenated alkanes) is 5. The largest absolute Gasteiger partial charge is 0.481 e. The summed E-state index contributed by atoms with van der Waals surface area (Å²) in [4.78, 5) is 32.8. The SMILES string of the molecule is CCCCCCCCOC(=O)CC(O)(CC(=O)O)C(=O)O. The molecule has 21 heavy (non-hydrogen) atoms. The molecule has 0 aromatic rings. The van der Waals surface area contributed by atoms with Gasteiger partial charge in [-0.25, -0.2) is 4.79 Å². The molecule has 0 bridgehead atoms. The van der Waals surface area contributed by atoms with Crippen molar-refractivity contribution in [3.63, 3.8) is 0 Å². The zero-order valence-electron chi connectivity index (χ0n) is 12.3. The van der Waals surface area contributed by atoms with Crippen LogP contribution < -0.4 is 0 Å². The van der Waals surface area contributed by atoms with Crippen molar-refractivity contribution in [1.29, 1.82) is 0 Å². The third kappa shape index (κ3) is 9.01. The Morgan fingerprint density at radius 1 is 0.952 bits per heavy atom. The molecule has 0 fully saturated rings. The van der Waals surface area contributed by atoms with Crippen LogP contribution in [0.15, 0.2) is 0 Å². The number of carboxylic acid groups (broad SMARTS) is 2. The zero-order chi connectivity index (χ0) is 16.3. The molecule has 0 aromatic carbocycles. The minimum absolute atomic E-state index is 0.147. The van der Waals surface area contributed by atoms with Gasteiger partial charge in [-0.3, -0.25) is 9.59 Å². The molecule has 7 nitrogen and oxygen atoms in total. The van der Waals surface area contributed by atoms with Gasteiger partial charge < -0.3 is 20.1 Å². The molecule has 0 radical (unpaired) electrons. The molecule has 0 aliphatic rings. The van der Waals surface area contributed by atoms with Crippen LogP contribution in [-0.2, 0) is 19.1 Å². The molecule has 0 aliphatic carbocycles. The highest BCUT2D eigenvalue weighted by atomic mass is 16.5. The lowest BCUT2D eigenvalue weighted by atomic mass is 9.96. The monoisotopic (exact) mass is 304 g/mol. The van der Waals surface area contributed by atoms with Gasteiger partial charge in [0.05, 0.1) is 19.4 Å². The van der Waals surface area contributed by atoms with E-state index in [9.17, 15) is 19.5 Å². The molecule has 0 amide bonds. The minimum Gasteiger partial charge on any atom is -0.481 e. The number of hydrogen-bond acceptors (Lipinski definition) is 5. The van der Waals surface area contributed by atoms with E-state index < -0.39 is 36.4 Å². The zero-order valence-corrected chi connectivity index (χ0v) is 12.3. The molecule has 0 aliphatic heterocycles. The number of hydrogen-bond donors (Lipinski definition) is 3. The molecule has 0 heterocycles. The average molecular weight is 304 g/mol. The Morgan fingerprint density at radius 2 is 1.52 bits per heavy atom. The van der Waals surface area contributed by atoms with Crippen molar-refractivity contribution in [3.8, 4) is 0 Å². The smallest absolute Gasteiger partial charge is 0.336 e. The quantitative estimate of drug-likeness (QED) is 0.369. The van der Waals surface area contributed by atoms with E-state index in [1.54, 1.807) is 0 Å². The number of esters is 1. The van der Waals surface area contributed by atoms with E-state index in [4.69, 9.17) is 14.9 Å².